The molecule has 0 spiro atoms. The van der Waals surface area contributed by atoms with Crippen molar-refractivity contribution in [3.8, 4) is 5.75 Å². The maximum absolute atomic E-state index is 11.4. The molecule has 114 valence electrons. The van der Waals surface area contributed by atoms with Gasteiger partial charge in [0.2, 0.25) is 0 Å². The average Bonchev–Trinajstić information content (AvgIpc) is 2.41. The highest BCUT2D eigenvalue weighted by Crippen LogP contribution is 2.19. The molecule has 0 saturated carbocycles. The Hall–Kier alpha value is -1.14. The molecular weight excluding hydrogens is 276 g/mol. The first kappa shape index (κ1) is 16.9. The van der Waals surface area contributed by atoms with Crippen molar-refractivity contribution in [2.75, 3.05) is 18.1 Å². The molecule has 1 aromatic rings. The molecular formula is C14H24N2O3S. The highest BCUT2D eigenvalue weighted by molar-refractivity contribution is 7.91. The molecule has 0 radical (unpaired) electrons. The topological polar surface area (TPSA) is 82.3 Å². The van der Waals surface area contributed by atoms with Crippen LogP contribution in [0.15, 0.2) is 12.1 Å². The Morgan fingerprint density at radius 1 is 1.35 bits per heavy atom. The van der Waals surface area contributed by atoms with Crippen molar-refractivity contribution in [1.29, 1.82) is 0 Å². The molecule has 0 bridgehead atoms. The Morgan fingerprint density at radius 3 is 2.65 bits per heavy atom. The summed E-state index contributed by atoms with van der Waals surface area (Å²) < 4.78 is 28.5. The van der Waals surface area contributed by atoms with Gasteiger partial charge >= 0.3 is 0 Å². The zero-order valence-electron chi connectivity index (χ0n) is 12.4. The van der Waals surface area contributed by atoms with Gasteiger partial charge in [-0.15, -0.1) is 0 Å². The SMILES string of the molecule is CCC(N)Cc1nc(C)ccc1OCCS(=O)(=O)CC. The predicted octanol–water partition coefficient (Wildman–Crippen LogP) is 1.48. The van der Waals surface area contributed by atoms with E-state index < -0.39 is 9.84 Å². The lowest BCUT2D eigenvalue weighted by atomic mass is 10.1. The second-order valence-electron chi connectivity index (χ2n) is 4.85. The molecule has 0 aromatic carbocycles. The van der Waals surface area contributed by atoms with E-state index in [4.69, 9.17) is 10.5 Å². The van der Waals surface area contributed by atoms with Gasteiger partial charge in [-0.05, 0) is 25.5 Å². The first-order valence-corrected chi connectivity index (χ1v) is 8.75. The second-order valence-corrected chi connectivity index (χ2v) is 7.33. The van der Waals surface area contributed by atoms with Crippen LogP contribution in [-0.2, 0) is 16.3 Å². The van der Waals surface area contributed by atoms with Crippen molar-refractivity contribution in [2.45, 2.75) is 39.7 Å². The molecule has 6 heteroatoms. The standard InChI is InChI=1S/C14H24N2O3S/c1-4-12(15)10-13-14(7-6-11(3)16-13)19-8-9-20(17,18)5-2/h6-7,12H,4-5,8-10,15H2,1-3H3. The molecule has 5 nitrogen and oxygen atoms in total. The van der Waals surface area contributed by atoms with Crippen LogP contribution in [0.25, 0.3) is 0 Å². The number of hydrogen-bond acceptors (Lipinski definition) is 5. The molecule has 0 aliphatic heterocycles. The van der Waals surface area contributed by atoms with Crippen LogP contribution in [0.2, 0.25) is 0 Å². The number of sulfone groups is 1. The zero-order chi connectivity index (χ0) is 15.2. The van der Waals surface area contributed by atoms with Crippen LogP contribution in [0.5, 0.6) is 5.75 Å². The highest BCUT2D eigenvalue weighted by Gasteiger charge is 2.12. The molecule has 1 atom stereocenters. The molecule has 0 amide bonds. The Morgan fingerprint density at radius 2 is 2.05 bits per heavy atom. The number of aryl methyl sites for hydroxylation is 1. The van der Waals surface area contributed by atoms with E-state index in [0.29, 0.717) is 12.2 Å². The van der Waals surface area contributed by atoms with E-state index in [1.807, 2.05) is 26.0 Å². The van der Waals surface area contributed by atoms with Crippen molar-refractivity contribution in [3.63, 3.8) is 0 Å². The van der Waals surface area contributed by atoms with Crippen molar-refractivity contribution >= 4 is 9.84 Å². The second kappa shape index (κ2) is 7.59. The van der Waals surface area contributed by atoms with Gasteiger partial charge < -0.3 is 10.5 Å². The normalized spacial score (nSPS) is 13.2. The van der Waals surface area contributed by atoms with Crippen LogP contribution in [0.3, 0.4) is 0 Å². The summed E-state index contributed by atoms with van der Waals surface area (Å²) in [6, 6.07) is 3.72. The van der Waals surface area contributed by atoms with Crippen LogP contribution in [-0.4, -0.2) is 37.6 Å². The number of nitrogens with zero attached hydrogens (tertiary/aromatic N) is 1. The zero-order valence-corrected chi connectivity index (χ0v) is 13.2. The summed E-state index contributed by atoms with van der Waals surface area (Å²) >= 11 is 0. The smallest absolute Gasteiger partial charge is 0.153 e. The van der Waals surface area contributed by atoms with Crippen LogP contribution in [0.4, 0.5) is 0 Å². The highest BCUT2D eigenvalue weighted by atomic mass is 32.2. The molecule has 1 rings (SSSR count). The Labute approximate surface area is 121 Å². The lowest BCUT2D eigenvalue weighted by Crippen LogP contribution is -2.23. The largest absolute Gasteiger partial charge is 0.491 e. The first-order valence-electron chi connectivity index (χ1n) is 6.93. The number of aromatic nitrogens is 1. The molecule has 20 heavy (non-hydrogen) atoms. The van der Waals surface area contributed by atoms with Crippen LogP contribution in [0.1, 0.15) is 31.7 Å². The lowest BCUT2D eigenvalue weighted by molar-refractivity contribution is 0.334. The fourth-order valence-corrected chi connectivity index (χ4v) is 2.32. The van der Waals surface area contributed by atoms with Gasteiger partial charge in [-0.25, -0.2) is 8.42 Å². The number of hydrogen-bond donors (Lipinski definition) is 1. The average molecular weight is 300 g/mol. The third-order valence-electron chi connectivity index (χ3n) is 3.14. The summed E-state index contributed by atoms with van der Waals surface area (Å²) in [7, 11) is -3.01. The van der Waals surface area contributed by atoms with E-state index in [-0.39, 0.29) is 24.2 Å². The molecule has 0 saturated heterocycles. The first-order chi connectivity index (χ1) is 9.38. The lowest BCUT2D eigenvalue weighted by Gasteiger charge is -2.14. The summed E-state index contributed by atoms with van der Waals surface area (Å²) in [6.07, 6.45) is 1.49. The van der Waals surface area contributed by atoms with E-state index in [1.54, 1.807) is 6.92 Å². The minimum Gasteiger partial charge on any atom is -0.491 e. The molecule has 0 fully saturated rings. The summed E-state index contributed by atoms with van der Waals surface area (Å²) in [5.41, 5.74) is 7.65. The van der Waals surface area contributed by atoms with E-state index in [2.05, 4.69) is 4.98 Å². The number of rotatable bonds is 8. The van der Waals surface area contributed by atoms with Gasteiger partial charge in [0.15, 0.2) is 9.84 Å². The predicted molar refractivity (Wildman–Crippen MR) is 80.8 cm³/mol. The van der Waals surface area contributed by atoms with Crippen molar-refractivity contribution in [2.24, 2.45) is 5.73 Å². The Balaban J connectivity index is 2.74. The van der Waals surface area contributed by atoms with Crippen molar-refractivity contribution in [3.05, 3.63) is 23.5 Å². The summed E-state index contributed by atoms with van der Waals surface area (Å²) in [5, 5.41) is 0. The number of ether oxygens (including phenoxy) is 1. The van der Waals surface area contributed by atoms with Gasteiger partial charge in [0.1, 0.15) is 12.4 Å². The van der Waals surface area contributed by atoms with Gasteiger partial charge in [0.05, 0.1) is 11.4 Å². The van der Waals surface area contributed by atoms with Gasteiger partial charge in [-0.2, -0.15) is 0 Å². The van der Waals surface area contributed by atoms with Crippen molar-refractivity contribution in [1.82, 2.24) is 4.98 Å². The summed E-state index contributed by atoms with van der Waals surface area (Å²) in [5.74, 6) is 0.790. The Bertz CT molecular complexity index is 529. The van der Waals surface area contributed by atoms with E-state index in [9.17, 15) is 8.42 Å². The molecule has 1 heterocycles. The van der Waals surface area contributed by atoms with E-state index in [0.717, 1.165) is 17.8 Å². The molecule has 2 N–H and O–H groups in total. The maximum Gasteiger partial charge on any atom is 0.153 e. The van der Waals surface area contributed by atoms with Gasteiger partial charge in [-0.1, -0.05) is 13.8 Å². The molecule has 1 unspecified atom stereocenters. The molecule has 0 aliphatic rings. The van der Waals surface area contributed by atoms with E-state index in [1.165, 1.54) is 0 Å². The summed E-state index contributed by atoms with van der Waals surface area (Å²) in [4.78, 5) is 4.44. The summed E-state index contributed by atoms with van der Waals surface area (Å²) in [6.45, 7) is 5.71. The van der Waals surface area contributed by atoms with Gasteiger partial charge in [0.25, 0.3) is 0 Å². The quantitative estimate of drug-likeness (QED) is 0.786. The Kier molecular flexibility index (Phi) is 6.42. The van der Waals surface area contributed by atoms with Crippen LogP contribution in [0, 0.1) is 6.92 Å². The minimum absolute atomic E-state index is 0.0245. The van der Waals surface area contributed by atoms with Crippen LogP contribution < -0.4 is 10.5 Å². The monoisotopic (exact) mass is 300 g/mol. The fraction of sp³-hybridized carbons (Fsp3) is 0.643. The fourth-order valence-electron chi connectivity index (χ4n) is 1.69. The van der Waals surface area contributed by atoms with Gasteiger partial charge in [0, 0.05) is 23.9 Å². The van der Waals surface area contributed by atoms with E-state index >= 15 is 0 Å². The maximum atomic E-state index is 11.4. The third-order valence-corrected chi connectivity index (χ3v) is 4.81. The number of nitrogens with two attached hydrogens (primary N) is 1. The third kappa shape index (κ3) is 5.46. The molecule has 0 aliphatic carbocycles. The minimum atomic E-state index is -3.01. The molecule has 1 aromatic heterocycles. The van der Waals surface area contributed by atoms with Crippen molar-refractivity contribution < 1.29 is 13.2 Å². The van der Waals surface area contributed by atoms with Gasteiger partial charge in [-0.3, -0.25) is 4.98 Å². The number of pyridine rings is 1. The van der Waals surface area contributed by atoms with Crippen LogP contribution >= 0.6 is 0 Å².